The molecule has 34 heavy (non-hydrogen) atoms. The molecule has 1 fully saturated rings. The molecular weight excluding hydrogens is 440 g/mol. The van der Waals surface area contributed by atoms with E-state index in [2.05, 4.69) is 15.5 Å². The number of carbonyl (C=O) groups excluding carboxylic acids is 2. The van der Waals surface area contributed by atoms with Crippen molar-refractivity contribution in [1.29, 1.82) is 0 Å². The number of piperidine rings is 1. The number of nitrogens with one attached hydrogen (secondary N) is 1. The smallest absolute Gasteiger partial charge is 0.339 e. The molecule has 2 heterocycles. The van der Waals surface area contributed by atoms with Crippen molar-refractivity contribution < 1.29 is 28.3 Å². The maximum atomic E-state index is 12.8. The Bertz CT molecular complexity index is 1170. The molecule has 1 N–H and O–H groups in total. The van der Waals surface area contributed by atoms with Crippen molar-refractivity contribution in [1.82, 2.24) is 10.1 Å². The predicted molar refractivity (Wildman–Crippen MR) is 124 cm³/mol. The highest BCUT2D eigenvalue weighted by molar-refractivity contribution is 6.01. The highest BCUT2D eigenvalue weighted by Gasteiger charge is 2.28. The van der Waals surface area contributed by atoms with E-state index in [9.17, 15) is 9.59 Å². The van der Waals surface area contributed by atoms with Crippen LogP contribution in [0.3, 0.4) is 0 Å². The van der Waals surface area contributed by atoms with Crippen LogP contribution in [0.25, 0.3) is 11.4 Å². The minimum atomic E-state index is -0.493. The first-order valence-corrected chi connectivity index (χ1v) is 10.8. The van der Waals surface area contributed by atoms with Gasteiger partial charge in [-0.25, -0.2) is 4.79 Å². The molecule has 0 radical (unpaired) electrons. The minimum Gasteiger partial charge on any atom is -0.493 e. The van der Waals surface area contributed by atoms with Crippen molar-refractivity contribution in [2.45, 2.75) is 12.8 Å². The molecule has 0 aliphatic carbocycles. The van der Waals surface area contributed by atoms with Crippen LogP contribution in [0.4, 0.5) is 11.7 Å². The number of anilines is 2. The number of benzene rings is 2. The molecule has 1 amide bonds. The molecule has 1 saturated heterocycles. The van der Waals surface area contributed by atoms with E-state index in [-0.39, 0.29) is 11.8 Å². The fourth-order valence-corrected chi connectivity index (χ4v) is 3.88. The summed E-state index contributed by atoms with van der Waals surface area (Å²) in [5.41, 5.74) is 1.51. The van der Waals surface area contributed by atoms with Gasteiger partial charge in [0.05, 0.1) is 32.6 Å². The monoisotopic (exact) mass is 466 g/mol. The fraction of sp³-hybridized carbons (Fsp3) is 0.333. The number of methoxy groups -OCH3 is 3. The van der Waals surface area contributed by atoms with E-state index in [0.29, 0.717) is 60.5 Å². The highest BCUT2D eigenvalue weighted by atomic mass is 16.5. The second-order valence-electron chi connectivity index (χ2n) is 7.76. The van der Waals surface area contributed by atoms with Crippen molar-refractivity contribution >= 4 is 23.6 Å². The predicted octanol–water partition coefficient (Wildman–Crippen LogP) is 3.40. The van der Waals surface area contributed by atoms with Crippen molar-refractivity contribution in [3.63, 3.8) is 0 Å². The number of ether oxygens (including phenoxy) is 3. The summed E-state index contributed by atoms with van der Waals surface area (Å²) in [6.07, 6.45) is 1.22. The fourth-order valence-electron chi connectivity index (χ4n) is 3.88. The van der Waals surface area contributed by atoms with Gasteiger partial charge in [-0.3, -0.25) is 4.79 Å². The second kappa shape index (κ2) is 10.2. The quantitative estimate of drug-likeness (QED) is 0.523. The third-order valence-corrected chi connectivity index (χ3v) is 5.78. The molecule has 2 aromatic carbocycles. The van der Waals surface area contributed by atoms with Gasteiger partial charge in [0.1, 0.15) is 0 Å². The Kier molecular flexibility index (Phi) is 6.95. The lowest BCUT2D eigenvalue weighted by Gasteiger charge is -2.29. The van der Waals surface area contributed by atoms with Crippen LogP contribution < -0.4 is 19.7 Å². The van der Waals surface area contributed by atoms with Gasteiger partial charge in [-0.1, -0.05) is 17.3 Å². The average molecular weight is 466 g/mol. The normalized spacial score (nSPS) is 13.9. The number of amides is 1. The van der Waals surface area contributed by atoms with E-state index >= 15 is 0 Å². The van der Waals surface area contributed by atoms with Crippen LogP contribution in [0.2, 0.25) is 0 Å². The third-order valence-electron chi connectivity index (χ3n) is 5.78. The van der Waals surface area contributed by atoms with Crippen LogP contribution in [-0.4, -0.2) is 56.4 Å². The maximum Gasteiger partial charge on any atom is 0.339 e. The zero-order valence-electron chi connectivity index (χ0n) is 19.2. The van der Waals surface area contributed by atoms with Crippen molar-refractivity contribution in [3.05, 3.63) is 48.0 Å². The molecule has 0 saturated carbocycles. The number of hydrogen-bond donors (Lipinski definition) is 1. The van der Waals surface area contributed by atoms with Gasteiger partial charge in [-0.2, -0.15) is 4.98 Å². The standard InChI is InChI=1S/C24H26N4O6/c1-31-19-9-8-16(14-20(19)32-2)21-26-24(34-27-21)28-12-10-15(11-13-28)22(29)25-18-7-5-4-6-17(18)23(30)33-3/h4-9,14-15H,10-13H2,1-3H3,(H,25,29). The van der Waals surface area contributed by atoms with Gasteiger partial charge < -0.3 is 29.0 Å². The second-order valence-corrected chi connectivity index (χ2v) is 7.76. The summed E-state index contributed by atoms with van der Waals surface area (Å²) in [6, 6.07) is 12.6. The molecule has 1 aromatic heterocycles. The van der Waals surface area contributed by atoms with Crippen LogP contribution in [0.1, 0.15) is 23.2 Å². The number of esters is 1. The summed E-state index contributed by atoms with van der Waals surface area (Å²) in [7, 11) is 4.45. The van der Waals surface area contributed by atoms with Gasteiger partial charge in [0, 0.05) is 24.6 Å². The SMILES string of the molecule is COC(=O)c1ccccc1NC(=O)C1CCN(c2nc(-c3ccc(OC)c(OC)c3)no2)CC1. The van der Waals surface area contributed by atoms with Gasteiger partial charge in [-0.05, 0) is 43.2 Å². The lowest BCUT2D eigenvalue weighted by atomic mass is 9.96. The minimum absolute atomic E-state index is 0.132. The largest absolute Gasteiger partial charge is 0.493 e. The van der Waals surface area contributed by atoms with E-state index in [0.717, 1.165) is 5.56 Å². The Hall–Kier alpha value is -4.08. The first-order valence-electron chi connectivity index (χ1n) is 10.8. The Morgan fingerprint density at radius 1 is 1.03 bits per heavy atom. The van der Waals surface area contributed by atoms with Crippen LogP contribution in [-0.2, 0) is 9.53 Å². The summed E-state index contributed by atoms with van der Waals surface area (Å²) in [4.78, 5) is 31.2. The zero-order valence-corrected chi connectivity index (χ0v) is 19.2. The molecule has 10 heteroatoms. The topological polar surface area (TPSA) is 116 Å². The Morgan fingerprint density at radius 2 is 1.76 bits per heavy atom. The first-order chi connectivity index (χ1) is 16.5. The lowest BCUT2D eigenvalue weighted by molar-refractivity contribution is -0.120. The van der Waals surface area contributed by atoms with E-state index in [1.165, 1.54) is 7.11 Å². The van der Waals surface area contributed by atoms with E-state index in [4.69, 9.17) is 18.7 Å². The Balaban J connectivity index is 1.38. The number of nitrogens with zero attached hydrogens (tertiary/aromatic N) is 3. The zero-order chi connectivity index (χ0) is 24.1. The third kappa shape index (κ3) is 4.80. The number of hydrogen-bond acceptors (Lipinski definition) is 9. The van der Waals surface area contributed by atoms with Crippen LogP contribution in [0.5, 0.6) is 11.5 Å². The summed E-state index contributed by atoms with van der Waals surface area (Å²) < 4.78 is 20.9. The van der Waals surface area contributed by atoms with Crippen LogP contribution in [0.15, 0.2) is 47.0 Å². The molecule has 0 atom stereocenters. The van der Waals surface area contributed by atoms with E-state index in [1.54, 1.807) is 50.6 Å². The van der Waals surface area contributed by atoms with Gasteiger partial charge in [-0.15, -0.1) is 0 Å². The van der Waals surface area contributed by atoms with Crippen molar-refractivity contribution in [3.8, 4) is 22.9 Å². The molecule has 0 spiro atoms. The number of rotatable bonds is 7. The summed E-state index contributed by atoms with van der Waals surface area (Å²) >= 11 is 0. The maximum absolute atomic E-state index is 12.8. The highest BCUT2D eigenvalue weighted by Crippen LogP contribution is 2.32. The lowest BCUT2D eigenvalue weighted by Crippen LogP contribution is -2.38. The number of carbonyl (C=O) groups is 2. The summed E-state index contributed by atoms with van der Waals surface area (Å²) in [6.45, 7) is 1.18. The Morgan fingerprint density at radius 3 is 2.47 bits per heavy atom. The number of aromatic nitrogens is 2. The van der Waals surface area contributed by atoms with Crippen molar-refractivity contribution in [2.75, 3.05) is 44.6 Å². The molecule has 0 unspecified atom stereocenters. The molecule has 0 bridgehead atoms. The Labute approximate surface area is 196 Å². The molecule has 4 rings (SSSR count). The molecule has 1 aliphatic rings. The molecule has 178 valence electrons. The summed E-state index contributed by atoms with van der Waals surface area (Å²) in [5, 5.41) is 6.95. The number of para-hydroxylation sites is 1. The summed E-state index contributed by atoms with van der Waals surface area (Å²) in [5.74, 6) is 0.807. The molecule has 10 nitrogen and oxygen atoms in total. The van der Waals surface area contributed by atoms with E-state index < -0.39 is 5.97 Å². The van der Waals surface area contributed by atoms with Gasteiger partial charge in [0.2, 0.25) is 11.7 Å². The van der Waals surface area contributed by atoms with Gasteiger partial charge in [0.15, 0.2) is 11.5 Å². The van der Waals surface area contributed by atoms with Gasteiger partial charge in [0.25, 0.3) is 0 Å². The van der Waals surface area contributed by atoms with Crippen LogP contribution >= 0.6 is 0 Å². The van der Waals surface area contributed by atoms with E-state index in [1.807, 2.05) is 11.0 Å². The van der Waals surface area contributed by atoms with Gasteiger partial charge >= 0.3 is 12.0 Å². The average Bonchev–Trinajstić information content (AvgIpc) is 3.38. The first kappa shape index (κ1) is 23.1. The van der Waals surface area contributed by atoms with Crippen molar-refractivity contribution in [2.24, 2.45) is 5.92 Å². The molecule has 1 aliphatic heterocycles. The molecular formula is C24H26N4O6. The molecule has 3 aromatic rings. The van der Waals surface area contributed by atoms with Crippen LogP contribution in [0, 0.1) is 5.92 Å².